The van der Waals surface area contributed by atoms with Crippen molar-refractivity contribution < 1.29 is 21.6 Å². The molecule has 0 amide bonds. The van der Waals surface area contributed by atoms with E-state index in [1.807, 2.05) is 0 Å². The van der Waals surface area contributed by atoms with Crippen molar-refractivity contribution in [3.63, 3.8) is 0 Å². The second kappa shape index (κ2) is 6.66. The first-order valence-corrected chi connectivity index (χ1v) is 6.95. The van der Waals surface area contributed by atoms with Gasteiger partial charge in [0.05, 0.1) is 5.75 Å². The summed E-state index contributed by atoms with van der Waals surface area (Å²) in [5.41, 5.74) is 0. The molecule has 0 rings (SSSR count). The fourth-order valence-corrected chi connectivity index (χ4v) is 2.17. The van der Waals surface area contributed by atoms with Crippen molar-refractivity contribution in [1.82, 2.24) is 4.72 Å². The van der Waals surface area contributed by atoms with E-state index in [1.54, 1.807) is 6.92 Å². The standard InChI is InChI=1S/C8H15ClF3NO2S/c1-7(5-9)6-13-16(14,15)4-2-3-8(10,11)12/h7,13H,2-6H2,1H3. The molecule has 0 heterocycles. The van der Waals surface area contributed by atoms with Gasteiger partial charge in [0.1, 0.15) is 0 Å². The Labute approximate surface area is 98.4 Å². The van der Waals surface area contributed by atoms with Gasteiger partial charge in [0.25, 0.3) is 0 Å². The average molecular weight is 282 g/mol. The third kappa shape index (κ3) is 9.23. The molecule has 0 aliphatic heterocycles. The number of hydrogen-bond donors (Lipinski definition) is 1. The molecule has 0 aromatic carbocycles. The predicted octanol–water partition coefficient (Wildman–Crippen LogP) is 2.12. The molecule has 0 fully saturated rings. The molecule has 0 radical (unpaired) electrons. The SMILES string of the molecule is CC(CCl)CNS(=O)(=O)CCCC(F)(F)F. The zero-order valence-electron chi connectivity index (χ0n) is 8.85. The van der Waals surface area contributed by atoms with E-state index >= 15 is 0 Å². The van der Waals surface area contributed by atoms with Gasteiger partial charge in [-0.05, 0) is 12.3 Å². The van der Waals surface area contributed by atoms with Crippen molar-refractivity contribution >= 4 is 21.6 Å². The summed E-state index contributed by atoms with van der Waals surface area (Å²) in [5, 5.41) is 0. The molecular weight excluding hydrogens is 267 g/mol. The monoisotopic (exact) mass is 281 g/mol. The minimum absolute atomic E-state index is 0.0425. The summed E-state index contributed by atoms with van der Waals surface area (Å²) >= 11 is 5.46. The van der Waals surface area contributed by atoms with Gasteiger partial charge in [0.2, 0.25) is 10.0 Å². The molecule has 1 atom stereocenters. The first kappa shape index (κ1) is 16.0. The Hall–Kier alpha value is -0.0100. The van der Waals surface area contributed by atoms with Gasteiger partial charge in [0.15, 0.2) is 0 Å². The van der Waals surface area contributed by atoms with Crippen molar-refractivity contribution in [3.05, 3.63) is 0 Å². The molecular formula is C8H15ClF3NO2S. The Morgan fingerprint density at radius 1 is 1.38 bits per heavy atom. The van der Waals surface area contributed by atoms with E-state index in [4.69, 9.17) is 11.6 Å². The van der Waals surface area contributed by atoms with Gasteiger partial charge in [0, 0.05) is 18.8 Å². The smallest absolute Gasteiger partial charge is 0.215 e. The molecule has 16 heavy (non-hydrogen) atoms. The van der Waals surface area contributed by atoms with E-state index in [9.17, 15) is 21.6 Å². The molecule has 1 unspecified atom stereocenters. The maximum atomic E-state index is 11.8. The van der Waals surface area contributed by atoms with Gasteiger partial charge in [-0.3, -0.25) is 0 Å². The van der Waals surface area contributed by atoms with Gasteiger partial charge < -0.3 is 0 Å². The normalized spacial score (nSPS) is 15.1. The Morgan fingerprint density at radius 2 is 1.94 bits per heavy atom. The van der Waals surface area contributed by atoms with Gasteiger partial charge in [-0.1, -0.05) is 6.92 Å². The van der Waals surface area contributed by atoms with E-state index in [0.29, 0.717) is 5.88 Å². The molecule has 0 spiro atoms. The molecule has 0 aliphatic carbocycles. The molecule has 0 aliphatic rings. The third-order valence-corrected chi connectivity index (χ3v) is 3.75. The highest BCUT2D eigenvalue weighted by Gasteiger charge is 2.27. The lowest BCUT2D eigenvalue weighted by atomic mass is 10.2. The van der Waals surface area contributed by atoms with Crippen LogP contribution in [-0.4, -0.2) is 32.8 Å². The minimum Gasteiger partial charge on any atom is -0.215 e. The summed E-state index contributed by atoms with van der Waals surface area (Å²) in [6, 6.07) is 0. The minimum atomic E-state index is -4.31. The summed E-state index contributed by atoms with van der Waals surface area (Å²) in [5.74, 6) is -0.258. The lowest BCUT2D eigenvalue weighted by Crippen LogP contribution is -2.31. The van der Waals surface area contributed by atoms with Crippen molar-refractivity contribution in [2.45, 2.75) is 25.9 Å². The van der Waals surface area contributed by atoms with Crippen LogP contribution in [0.2, 0.25) is 0 Å². The van der Waals surface area contributed by atoms with Crippen molar-refractivity contribution in [2.24, 2.45) is 5.92 Å². The van der Waals surface area contributed by atoms with Crippen LogP contribution in [0, 0.1) is 5.92 Å². The molecule has 8 heteroatoms. The lowest BCUT2D eigenvalue weighted by molar-refractivity contribution is -0.134. The number of halogens is 4. The Bertz CT molecular complexity index is 292. The number of hydrogen-bond acceptors (Lipinski definition) is 2. The quantitative estimate of drug-likeness (QED) is 0.727. The predicted molar refractivity (Wildman–Crippen MR) is 57.0 cm³/mol. The van der Waals surface area contributed by atoms with Crippen molar-refractivity contribution in [3.8, 4) is 0 Å². The maximum Gasteiger partial charge on any atom is 0.389 e. The van der Waals surface area contributed by atoms with Crippen molar-refractivity contribution in [2.75, 3.05) is 18.2 Å². The average Bonchev–Trinajstić information content (AvgIpc) is 2.12. The fourth-order valence-electron chi connectivity index (χ4n) is 0.859. The highest BCUT2D eigenvalue weighted by Crippen LogP contribution is 2.21. The summed E-state index contributed by atoms with van der Waals surface area (Å²) in [7, 11) is -3.62. The highest BCUT2D eigenvalue weighted by molar-refractivity contribution is 7.89. The zero-order valence-corrected chi connectivity index (χ0v) is 10.4. The third-order valence-electron chi connectivity index (χ3n) is 1.79. The summed E-state index contributed by atoms with van der Waals surface area (Å²) < 4.78 is 59.9. The van der Waals surface area contributed by atoms with Crippen LogP contribution in [-0.2, 0) is 10.0 Å². The van der Waals surface area contributed by atoms with Crippen LogP contribution in [0.4, 0.5) is 13.2 Å². The van der Waals surface area contributed by atoms with Crippen LogP contribution in [0.1, 0.15) is 19.8 Å². The van der Waals surface area contributed by atoms with Gasteiger partial charge in [-0.2, -0.15) is 13.2 Å². The number of alkyl halides is 4. The first-order chi connectivity index (χ1) is 7.16. The lowest BCUT2D eigenvalue weighted by Gasteiger charge is -2.10. The van der Waals surface area contributed by atoms with Gasteiger partial charge >= 0.3 is 6.18 Å². The van der Waals surface area contributed by atoms with Crippen molar-refractivity contribution in [1.29, 1.82) is 0 Å². The first-order valence-electron chi connectivity index (χ1n) is 4.76. The Morgan fingerprint density at radius 3 is 2.38 bits per heavy atom. The van der Waals surface area contributed by atoms with Crippen LogP contribution >= 0.6 is 11.6 Å². The van der Waals surface area contributed by atoms with E-state index in [0.717, 1.165) is 0 Å². The Kier molecular flexibility index (Phi) is 6.65. The largest absolute Gasteiger partial charge is 0.389 e. The van der Waals surface area contributed by atoms with Crippen LogP contribution in [0.5, 0.6) is 0 Å². The van der Waals surface area contributed by atoms with E-state index < -0.39 is 34.8 Å². The molecule has 3 nitrogen and oxygen atoms in total. The van der Waals surface area contributed by atoms with E-state index in [2.05, 4.69) is 4.72 Å². The van der Waals surface area contributed by atoms with Gasteiger partial charge in [-0.15, -0.1) is 11.6 Å². The second-order valence-electron chi connectivity index (χ2n) is 3.65. The molecule has 0 saturated carbocycles. The Balaban J connectivity index is 3.89. The second-order valence-corrected chi connectivity index (χ2v) is 5.88. The summed E-state index contributed by atoms with van der Waals surface area (Å²) in [6.45, 7) is 1.89. The molecule has 0 aromatic heterocycles. The molecule has 98 valence electrons. The fraction of sp³-hybridized carbons (Fsp3) is 1.00. The van der Waals surface area contributed by atoms with Crippen LogP contribution in [0.3, 0.4) is 0 Å². The number of rotatable bonds is 7. The number of nitrogens with one attached hydrogen (secondary N) is 1. The summed E-state index contributed by atoms with van der Waals surface area (Å²) in [4.78, 5) is 0. The summed E-state index contributed by atoms with van der Waals surface area (Å²) in [6.07, 6.45) is -5.81. The van der Waals surface area contributed by atoms with E-state index in [1.165, 1.54) is 0 Å². The zero-order chi connectivity index (χ0) is 12.8. The van der Waals surface area contributed by atoms with Crippen LogP contribution < -0.4 is 4.72 Å². The molecule has 0 bridgehead atoms. The van der Waals surface area contributed by atoms with E-state index in [-0.39, 0.29) is 12.5 Å². The number of sulfonamides is 1. The highest BCUT2D eigenvalue weighted by atomic mass is 35.5. The molecule has 1 N–H and O–H groups in total. The van der Waals surface area contributed by atoms with Crippen LogP contribution in [0.15, 0.2) is 0 Å². The topological polar surface area (TPSA) is 46.2 Å². The maximum absolute atomic E-state index is 11.8. The van der Waals surface area contributed by atoms with Crippen LogP contribution in [0.25, 0.3) is 0 Å². The molecule has 0 saturated heterocycles. The van der Waals surface area contributed by atoms with Gasteiger partial charge in [-0.25, -0.2) is 13.1 Å². The molecule has 0 aromatic rings.